The fourth-order valence-electron chi connectivity index (χ4n) is 1.83. The van der Waals surface area contributed by atoms with Gasteiger partial charge in [-0.3, -0.25) is 9.59 Å². The molecule has 1 heterocycles. The normalized spacial score (nSPS) is 11.9. The summed E-state index contributed by atoms with van der Waals surface area (Å²) >= 11 is 0.990. The van der Waals surface area contributed by atoms with Crippen LogP contribution in [0.2, 0.25) is 0 Å². The van der Waals surface area contributed by atoms with E-state index in [-0.39, 0.29) is 12.4 Å². The van der Waals surface area contributed by atoms with E-state index >= 15 is 0 Å². The summed E-state index contributed by atoms with van der Waals surface area (Å²) in [7, 11) is 0. The number of thioether (sulfide) groups is 1. The highest BCUT2D eigenvalue weighted by Gasteiger charge is 2.28. The zero-order chi connectivity index (χ0) is 16.1. The first-order valence-corrected chi connectivity index (χ1v) is 7.64. The van der Waals surface area contributed by atoms with Crippen molar-refractivity contribution >= 4 is 23.5 Å². The molecule has 2 rings (SSSR count). The molecule has 0 bridgehead atoms. The van der Waals surface area contributed by atoms with Crippen molar-refractivity contribution in [1.82, 2.24) is 9.66 Å². The second-order valence-electron chi connectivity index (χ2n) is 4.54. The molecule has 0 spiro atoms. The maximum Gasteiger partial charge on any atom is 0.327 e. The molecule has 2 aromatic rings. The average molecular weight is 319 g/mol. The summed E-state index contributed by atoms with van der Waals surface area (Å²) in [6.07, 6.45) is 1.65. The maximum atomic E-state index is 11.8. The van der Waals surface area contributed by atoms with Gasteiger partial charge < -0.3 is 10.6 Å². The van der Waals surface area contributed by atoms with Crippen molar-refractivity contribution in [3.63, 3.8) is 0 Å². The van der Waals surface area contributed by atoms with Crippen molar-refractivity contribution in [1.29, 1.82) is 0 Å². The summed E-state index contributed by atoms with van der Waals surface area (Å²) in [5, 5.41) is -0.583. The summed E-state index contributed by atoms with van der Waals surface area (Å²) < 4.78 is 6.22. The highest BCUT2D eigenvalue weighted by Crippen LogP contribution is 2.26. The van der Waals surface area contributed by atoms with Crippen LogP contribution in [0.1, 0.15) is 13.8 Å². The third-order valence-corrected chi connectivity index (χ3v) is 4.13. The smallest absolute Gasteiger partial charge is 0.327 e. The first-order chi connectivity index (χ1) is 10.5. The van der Waals surface area contributed by atoms with E-state index in [1.165, 1.54) is 11.6 Å². The minimum absolute atomic E-state index is 0.218. The molecule has 0 fully saturated rings. The van der Waals surface area contributed by atoms with Gasteiger partial charge in [0.1, 0.15) is 0 Å². The van der Waals surface area contributed by atoms with Crippen LogP contribution >= 0.6 is 11.8 Å². The lowest BCUT2D eigenvalue weighted by molar-refractivity contribution is -0.144. The van der Waals surface area contributed by atoms with Gasteiger partial charge in [-0.2, -0.15) is 0 Å². The van der Waals surface area contributed by atoms with Crippen molar-refractivity contribution < 1.29 is 14.3 Å². The van der Waals surface area contributed by atoms with Crippen LogP contribution in [0.5, 0.6) is 0 Å². The van der Waals surface area contributed by atoms with E-state index in [2.05, 4.69) is 4.98 Å². The maximum absolute atomic E-state index is 11.8. The Labute approximate surface area is 132 Å². The third-order valence-electron chi connectivity index (χ3n) is 2.86. The van der Waals surface area contributed by atoms with Gasteiger partial charge in [0.25, 0.3) is 0 Å². The standard InChI is InChI=1S/C15H17N3O3S/c1-3-21-14(20)13(10(2)19)22-15-17-12(9-18(15)16)11-7-5-4-6-8-11/h4-9,13H,3,16H2,1-2H3. The van der Waals surface area contributed by atoms with Crippen LogP contribution < -0.4 is 5.84 Å². The lowest BCUT2D eigenvalue weighted by Gasteiger charge is -2.11. The van der Waals surface area contributed by atoms with Crippen LogP contribution in [-0.2, 0) is 14.3 Å². The molecule has 0 saturated heterocycles. The predicted octanol–water partition coefficient (Wildman–Crippen LogP) is 1.88. The molecule has 1 aromatic carbocycles. The number of nitrogen functional groups attached to an aromatic ring is 1. The molecule has 1 aromatic heterocycles. The number of carbonyl (C=O) groups is 2. The van der Waals surface area contributed by atoms with Crippen molar-refractivity contribution in [2.75, 3.05) is 12.4 Å². The van der Waals surface area contributed by atoms with Crippen molar-refractivity contribution in [2.45, 2.75) is 24.3 Å². The molecule has 0 amide bonds. The molecule has 0 radical (unpaired) electrons. The zero-order valence-electron chi connectivity index (χ0n) is 12.4. The summed E-state index contributed by atoms with van der Waals surface area (Å²) in [5.74, 6) is 4.99. The number of ether oxygens (including phenoxy) is 1. The Hall–Kier alpha value is -2.28. The Balaban J connectivity index is 2.24. The van der Waals surface area contributed by atoms with Gasteiger partial charge in [0.2, 0.25) is 0 Å². The Morgan fingerprint density at radius 1 is 1.36 bits per heavy atom. The molecule has 6 nitrogen and oxygen atoms in total. The minimum atomic E-state index is -0.965. The monoisotopic (exact) mass is 319 g/mol. The number of hydrogen-bond donors (Lipinski definition) is 1. The number of esters is 1. The molecule has 0 aliphatic heterocycles. The molecule has 1 unspecified atom stereocenters. The summed E-state index contributed by atoms with van der Waals surface area (Å²) in [4.78, 5) is 27.9. The number of benzene rings is 1. The van der Waals surface area contributed by atoms with Crippen molar-refractivity contribution in [2.24, 2.45) is 0 Å². The minimum Gasteiger partial charge on any atom is -0.465 e. The number of hydrogen-bond acceptors (Lipinski definition) is 6. The average Bonchev–Trinajstić information content (AvgIpc) is 2.86. The van der Waals surface area contributed by atoms with Crippen LogP contribution in [-0.4, -0.2) is 33.3 Å². The Bertz CT molecular complexity index is 670. The molecule has 7 heteroatoms. The second-order valence-corrected chi connectivity index (χ2v) is 5.61. The molecule has 0 aliphatic rings. The van der Waals surface area contributed by atoms with Gasteiger partial charge >= 0.3 is 5.97 Å². The van der Waals surface area contributed by atoms with Gasteiger partial charge in [0, 0.05) is 5.56 Å². The van der Waals surface area contributed by atoms with Crippen LogP contribution in [0.4, 0.5) is 0 Å². The van der Waals surface area contributed by atoms with E-state index in [1.54, 1.807) is 13.1 Å². The number of ketones is 1. The van der Waals surface area contributed by atoms with Crippen LogP contribution in [0.3, 0.4) is 0 Å². The molecular formula is C15H17N3O3S. The highest BCUT2D eigenvalue weighted by atomic mass is 32.2. The van der Waals surface area contributed by atoms with E-state index < -0.39 is 11.2 Å². The Morgan fingerprint density at radius 2 is 2.05 bits per heavy atom. The molecule has 116 valence electrons. The number of imidazole rings is 1. The molecule has 0 aliphatic carbocycles. The molecular weight excluding hydrogens is 302 g/mol. The van der Waals surface area contributed by atoms with Gasteiger partial charge in [0.15, 0.2) is 16.2 Å². The summed E-state index contributed by atoms with van der Waals surface area (Å²) in [5.41, 5.74) is 1.58. The van der Waals surface area contributed by atoms with Crippen molar-refractivity contribution in [3.05, 3.63) is 36.5 Å². The molecule has 22 heavy (non-hydrogen) atoms. The summed E-state index contributed by atoms with van der Waals surface area (Å²) in [6.45, 7) is 3.25. The van der Waals surface area contributed by atoms with Gasteiger partial charge in [-0.15, -0.1) is 0 Å². The van der Waals surface area contributed by atoms with E-state index in [9.17, 15) is 9.59 Å². The lowest BCUT2D eigenvalue weighted by Crippen LogP contribution is -2.28. The van der Waals surface area contributed by atoms with Gasteiger partial charge in [-0.25, -0.2) is 9.66 Å². The predicted molar refractivity (Wildman–Crippen MR) is 84.8 cm³/mol. The highest BCUT2D eigenvalue weighted by molar-refractivity contribution is 8.01. The lowest BCUT2D eigenvalue weighted by atomic mass is 10.2. The third kappa shape index (κ3) is 3.67. The fraction of sp³-hybridized carbons (Fsp3) is 0.267. The Kier molecular flexibility index (Phi) is 5.21. The number of rotatable bonds is 6. The molecule has 0 saturated carbocycles. The number of aromatic nitrogens is 2. The number of nitrogens with two attached hydrogens (primary N) is 1. The number of carbonyl (C=O) groups excluding carboxylic acids is 2. The largest absolute Gasteiger partial charge is 0.465 e. The summed E-state index contributed by atoms with van der Waals surface area (Å²) in [6, 6.07) is 9.52. The van der Waals surface area contributed by atoms with Crippen LogP contribution in [0.15, 0.2) is 41.7 Å². The van der Waals surface area contributed by atoms with E-state index in [0.717, 1.165) is 17.3 Å². The van der Waals surface area contributed by atoms with Gasteiger partial charge in [-0.05, 0) is 13.8 Å². The topological polar surface area (TPSA) is 87.2 Å². The number of nitrogens with zero attached hydrogens (tertiary/aromatic N) is 2. The molecule has 2 N–H and O–H groups in total. The fourth-order valence-corrected chi connectivity index (χ4v) is 2.70. The first-order valence-electron chi connectivity index (χ1n) is 6.76. The molecule has 1 atom stereocenters. The van der Waals surface area contributed by atoms with Gasteiger partial charge in [0.05, 0.1) is 18.5 Å². The van der Waals surface area contributed by atoms with Crippen LogP contribution in [0.25, 0.3) is 11.3 Å². The van der Waals surface area contributed by atoms with Crippen molar-refractivity contribution in [3.8, 4) is 11.3 Å². The van der Waals surface area contributed by atoms with E-state index in [1.807, 2.05) is 30.3 Å². The van der Waals surface area contributed by atoms with Crippen LogP contribution in [0, 0.1) is 0 Å². The Morgan fingerprint density at radius 3 is 2.64 bits per heavy atom. The SMILES string of the molecule is CCOC(=O)C(Sc1nc(-c2ccccc2)cn1N)C(C)=O. The number of Topliss-reactive ketones (excluding diaryl/α,β-unsaturated/α-hetero) is 1. The quantitative estimate of drug-likeness (QED) is 0.378. The second kappa shape index (κ2) is 7.13. The van der Waals surface area contributed by atoms with E-state index in [4.69, 9.17) is 10.6 Å². The van der Waals surface area contributed by atoms with E-state index in [0.29, 0.717) is 10.9 Å². The first kappa shape index (κ1) is 16.1. The zero-order valence-corrected chi connectivity index (χ0v) is 13.2. The van der Waals surface area contributed by atoms with Gasteiger partial charge in [-0.1, -0.05) is 42.1 Å².